The Balaban J connectivity index is 1.72. The summed E-state index contributed by atoms with van der Waals surface area (Å²) >= 11 is 0. The van der Waals surface area contributed by atoms with Crippen LogP contribution in [0, 0.1) is 5.92 Å². The number of hydrogen-bond acceptors (Lipinski definition) is 4. The summed E-state index contributed by atoms with van der Waals surface area (Å²) < 4.78 is 5.48. The third-order valence-corrected chi connectivity index (χ3v) is 3.40. The van der Waals surface area contributed by atoms with Crippen molar-refractivity contribution in [2.75, 3.05) is 11.9 Å². The quantitative estimate of drug-likeness (QED) is 0.818. The number of ether oxygens (including phenoxy) is 1. The van der Waals surface area contributed by atoms with Crippen LogP contribution in [0.25, 0.3) is 0 Å². The number of aromatic nitrogens is 1. The van der Waals surface area contributed by atoms with E-state index in [4.69, 9.17) is 10.5 Å². The van der Waals surface area contributed by atoms with E-state index >= 15 is 0 Å². The first-order chi connectivity index (χ1) is 9.21. The summed E-state index contributed by atoms with van der Waals surface area (Å²) in [7, 11) is 0. The molecule has 0 aliphatic heterocycles. The third kappa shape index (κ3) is 4.01. The van der Waals surface area contributed by atoms with Gasteiger partial charge in [-0.1, -0.05) is 6.07 Å². The largest absolute Gasteiger partial charge is 0.378 e. The van der Waals surface area contributed by atoms with E-state index in [9.17, 15) is 4.79 Å². The lowest BCUT2D eigenvalue weighted by molar-refractivity contribution is -0.119. The first-order valence-corrected chi connectivity index (χ1v) is 6.77. The van der Waals surface area contributed by atoms with Crippen LogP contribution in [-0.4, -0.2) is 23.6 Å². The van der Waals surface area contributed by atoms with Crippen molar-refractivity contribution in [1.29, 1.82) is 0 Å². The highest BCUT2D eigenvalue weighted by Gasteiger charge is 2.31. The molecule has 2 rings (SSSR count). The number of nitrogens with one attached hydrogen (secondary N) is 1. The number of hydrogen-bond donors (Lipinski definition) is 2. The average molecular weight is 263 g/mol. The number of pyridine rings is 1. The minimum atomic E-state index is 0.0212. The molecule has 0 unspecified atom stereocenters. The molecule has 0 radical (unpaired) electrons. The van der Waals surface area contributed by atoms with Crippen molar-refractivity contribution in [2.24, 2.45) is 11.7 Å². The highest BCUT2D eigenvalue weighted by atomic mass is 16.5. The highest BCUT2D eigenvalue weighted by molar-refractivity contribution is 5.89. The standard InChI is InChI=1S/C14H21N3O2/c1-2-19-12-5-11(6-12)7-14(18)17-13-4-3-10(8-15)9-16-13/h3-4,9,11-12H,2,5-8,15H2,1H3,(H,16,17,18). The lowest BCUT2D eigenvalue weighted by Gasteiger charge is -2.34. The molecule has 19 heavy (non-hydrogen) atoms. The smallest absolute Gasteiger partial charge is 0.225 e. The topological polar surface area (TPSA) is 77.2 Å². The molecule has 0 saturated heterocycles. The van der Waals surface area contributed by atoms with E-state index in [0.29, 0.717) is 30.8 Å². The highest BCUT2D eigenvalue weighted by Crippen LogP contribution is 2.32. The Hall–Kier alpha value is -1.46. The van der Waals surface area contributed by atoms with Crippen molar-refractivity contribution in [3.63, 3.8) is 0 Å². The fourth-order valence-electron chi connectivity index (χ4n) is 2.29. The molecule has 1 aromatic heterocycles. The van der Waals surface area contributed by atoms with Gasteiger partial charge in [0.1, 0.15) is 5.82 Å². The molecule has 0 atom stereocenters. The molecule has 0 aromatic carbocycles. The van der Waals surface area contributed by atoms with Crippen LogP contribution in [0.5, 0.6) is 0 Å². The lowest BCUT2D eigenvalue weighted by Crippen LogP contribution is -2.33. The molecule has 0 bridgehead atoms. The number of nitrogens with two attached hydrogens (primary N) is 1. The fraction of sp³-hybridized carbons (Fsp3) is 0.571. The summed E-state index contributed by atoms with van der Waals surface area (Å²) in [4.78, 5) is 16.0. The minimum Gasteiger partial charge on any atom is -0.378 e. The molecular weight excluding hydrogens is 242 g/mol. The monoisotopic (exact) mass is 263 g/mol. The van der Waals surface area contributed by atoms with E-state index in [2.05, 4.69) is 10.3 Å². The zero-order valence-electron chi connectivity index (χ0n) is 11.3. The second-order valence-electron chi connectivity index (χ2n) is 4.92. The molecule has 1 amide bonds. The molecule has 104 valence electrons. The predicted octanol–water partition coefficient (Wildman–Crippen LogP) is 1.68. The first kappa shape index (κ1) is 14.0. The normalized spacial score (nSPS) is 21.8. The zero-order chi connectivity index (χ0) is 13.7. The van der Waals surface area contributed by atoms with Gasteiger partial charge >= 0.3 is 0 Å². The maximum atomic E-state index is 11.8. The average Bonchev–Trinajstić information content (AvgIpc) is 2.37. The number of anilines is 1. The molecule has 1 heterocycles. The Labute approximate surface area is 113 Å². The number of carbonyl (C=O) groups excluding carboxylic acids is 1. The second-order valence-corrected chi connectivity index (χ2v) is 4.92. The SMILES string of the molecule is CCOC1CC(CC(=O)Nc2ccc(CN)cn2)C1. The van der Waals surface area contributed by atoms with E-state index in [-0.39, 0.29) is 5.91 Å². The zero-order valence-corrected chi connectivity index (χ0v) is 11.3. The molecule has 1 aliphatic rings. The predicted molar refractivity (Wildman–Crippen MR) is 73.5 cm³/mol. The maximum absolute atomic E-state index is 11.8. The van der Waals surface area contributed by atoms with Gasteiger partial charge in [0.25, 0.3) is 0 Å². The van der Waals surface area contributed by atoms with Gasteiger partial charge in [-0.3, -0.25) is 4.79 Å². The Bertz CT molecular complexity index is 413. The Morgan fingerprint density at radius 3 is 2.89 bits per heavy atom. The van der Waals surface area contributed by atoms with Crippen LogP contribution in [0.4, 0.5) is 5.82 Å². The van der Waals surface area contributed by atoms with Crippen molar-refractivity contribution in [3.8, 4) is 0 Å². The molecule has 1 aliphatic carbocycles. The summed E-state index contributed by atoms with van der Waals surface area (Å²) in [6.45, 7) is 3.21. The fourth-order valence-corrected chi connectivity index (χ4v) is 2.29. The van der Waals surface area contributed by atoms with Crippen LogP contribution in [0.3, 0.4) is 0 Å². The van der Waals surface area contributed by atoms with Gasteiger partial charge in [-0.05, 0) is 37.3 Å². The van der Waals surface area contributed by atoms with Crippen molar-refractivity contribution in [3.05, 3.63) is 23.9 Å². The Kier molecular flexibility index (Phi) is 4.87. The molecule has 3 N–H and O–H groups in total. The molecule has 1 fully saturated rings. The van der Waals surface area contributed by atoms with Crippen molar-refractivity contribution in [1.82, 2.24) is 4.98 Å². The number of nitrogens with zero attached hydrogens (tertiary/aromatic N) is 1. The van der Waals surface area contributed by atoms with Crippen molar-refractivity contribution >= 4 is 11.7 Å². The van der Waals surface area contributed by atoms with Gasteiger partial charge in [0.2, 0.25) is 5.91 Å². The van der Waals surface area contributed by atoms with Crippen molar-refractivity contribution < 1.29 is 9.53 Å². The maximum Gasteiger partial charge on any atom is 0.225 e. The van der Waals surface area contributed by atoms with Crippen LogP contribution in [-0.2, 0) is 16.1 Å². The van der Waals surface area contributed by atoms with Gasteiger partial charge in [-0.2, -0.15) is 0 Å². The van der Waals surface area contributed by atoms with Gasteiger partial charge in [-0.15, -0.1) is 0 Å². The summed E-state index contributed by atoms with van der Waals surface area (Å²) in [5.41, 5.74) is 6.45. The van der Waals surface area contributed by atoms with E-state index in [1.165, 1.54) is 0 Å². The van der Waals surface area contributed by atoms with E-state index in [1.807, 2.05) is 13.0 Å². The number of rotatable bonds is 6. The molecule has 5 nitrogen and oxygen atoms in total. The molecule has 1 saturated carbocycles. The minimum absolute atomic E-state index is 0.0212. The van der Waals surface area contributed by atoms with Gasteiger partial charge in [0.05, 0.1) is 6.10 Å². The van der Waals surface area contributed by atoms with Crippen LogP contribution in [0.15, 0.2) is 18.3 Å². The summed E-state index contributed by atoms with van der Waals surface area (Å²) in [5, 5.41) is 2.81. The van der Waals surface area contributed by atoms with Crippen LogP contribution in [0.2, 0.25) is 0 Å². The molecular formula is C14H21N3O2. The van der Waals surface area contributed by atoms with E-state index in [1.54, 1.807) is 12.3 Å². The lowest BCUT2D eigenvalue weighted by atomic mass is 9.80. The Morgan fingerprint density at radius 2 is 2.32 bits per heavy atom. The summed E-state index contributed by atoms with van der Waals surface area (Å²) in [6.07, 6.45) is 4.56. The van der Waals surface area contributed by atoms with Gasteiger partial charge in [0, 0.05) is 25.8 Å². The summed E-state index contributed by atoms with van der Waals surface area (Å²) in [5.74, 6) is 1.05. The molecule has 1 aromatic rings. The molecule has 5 heteroatoms. The third-order valence-electron chi connectivity index (χ3n) is 3.40. The Morgan fingerprint density at radius 1 is 1.53 bits per heavy atom. The van der Waals surface area contributed by atoms with Gasteiger partial charge in [-0.25, -0.2) is 4.98 Å². The van der Waals surface area contributed by atoms with Crippen molar-refractivity contribution in [2.45, 2.75) is 38.8 Å². The number of amides is 1. The first-order valence-electron chi connectivity index (χ1n) is 6.77. The number of carbonyl (C=O) groups is 1. The van der Waals surface area contributed by atoms with Gasteiger partial charge in [0.15, 0.2) is 0 Å². The second kappa shape index (κ2) is 6.63. The van der Waals surface area contributed by atoms with Crippen LogP contribution >= 0.6 is 0 Å². The van der Waals surface area contributed by atoms with E-state index < -0.39 is 0 Å². The van der Waals surface area contributed by atoms with E-state index in [0.717, 1.165) is 25.0 Å². The summed E-state index contributed by atoms with van der Waals surface area (Å²) in [6, 6.07) is 3.65. The molecule has 0 spiro atoms. The van der Waals surface area contributed by atoms with Crippen LogP contribution in [0.1, 0.15) is 31.7 Å². The van der Waals surface area contributed by atoms with Crippen LogP contribution < -0.4 is 11.1 Å². The van der Waals surface area contributed by atoms with Gasteiger partial charge < -0.3 is 15.8 Å².